The van der Waals surface area contributed by atoms with Gasteiger partial charge in [-0.25, -0.2) is 15.0 Å². The van der Waals surface area contributed by atoms with Gasteiger partial charge in [-0.15, -0.1) is 0 Å². The maximum atomic E-state index is 6.06. The van der Waals surface area contributed by atoms with Crippen LogP contribution in [-0.2, 0) is 17.9 Å². The molecule has 1 aliphatic rings. The molecule has 0 radical (unpaired) electrons. The number of benzene rings is 1. The van der Waals surface area contributed by atoms with Gasteiger partial charge in [0.2, 0.25) is 0 Å². The van der Waals surface area contributed by atoms with Gasteiger partial charge in [0.05, 0.1) is 6.61 Å². The van der Waals surface area contributed by atoms with Crippen LogP contribution in [0.3, 0.4) is 0 Å². The van der Waals surface area contributed by atoms with Crippen LogP contribution in [0.1, 0.15) is 19.4 Å². The second-order valence-electron chi connectivity index (χ2n) is 7.18. The molecule has 0 aliphatic carbocycles. The maximum Gasteiger partial charge on any atom is 0.189 e. The molecule has 29 heavy (non-hydrogen) atoms. The molecule has 0 bridgehead atoms. The summed E-state index contributed by atoms with van der Waals surface area (Å²) in [5.41, 5.74) is 8.50. The van der Waals surface area contributed by atoms with Gasteiger partial charge in [0.1, 0.15) is 12.1 Å². The Bertz CT molecular complexity index is 1030. The number of aromatic nitrogens is 4. The lowest BCUT2D eigenvalue weighted by Gasteiger charge is -2.19. The van der Waals surface area contributed by atoms with Crippen LogP contribution in [0.25, 0.3) is 11.2 Å². The van der Waals surface area contributed by atoms with Crippen LogP contribution in [0.15, 0.2) is 28.5 Å². The molecule has 10 heteroatoms. The van der Waals surface area contributed by atoms with Crippen LogP contribution >= 0.6 is 34.4 Å². The van der Waals surface area contributed by atoms with Crippen LogP contribution in [0.4, 0.5) is 5.82 Å². The van der Waals surface area contributed by atoms with Gasteiger partial charge in [0.15, 0.2) is 28.9 Å². The van der Waals surface area contributed by atoms with Gasteiger partial charge in [0, 0.05) is 27.1 Å². The van der Waals surface area contributed by atoms with Gasteiger partial charge in [-0.3, -0.25) is 0 Å². The van der Waals surface area contributed by atoms with E-state index in [1.807, 2.05) is 6.07 Å². The van der Waals surface area contributed by atoms with Crippen molar-refractivity contribution in [2.45, 2.75) is 37.1 Å². The lowest BCUT2D eigenvalue weighted by molar-refractivity contribution is -0.0165. The SMILES string of the molecule is CC(C)CNCCn1c(Sc2cc3c(cc2I)OCOC3)nc2c(N)ncnc21. The monoisotopic (exact) mass is 526 g/mol. The number of nitrogen functional groups attached to an aromatic ring is 1. The average molecular weight is 526 g/mol. The van der Waals surface area contributed by atoms with E-state index in [1.54, 1.807) is 11.8 Å². The zero-order valence-corrected chi connectivity index (χ0v) is 19.3. The van der Waals surface area contributed by atoms with Crippen molar-refractivity contribution in [1.29, 1.82) is 0 Å². The lowest BCUT2D eigenvalue weighted by Crippen LogP contribution is -2.24. The predicted molar refractivity (Wildman–Crippen MR) is 121 cm³/mol. The largest absolute Gasteiger partial charge is 0.467 e. The Labute approximate surface area is 187 Å². The van der Waals surface area contributed by atoms with Gasteiger partial charge in [-0.2, -0.15) is 0 Å². The molecule has 0 saturated carbocycles. The van der Waals surface area contributed by atoms with Gasteiger partial charge in [-0.1, -0.05) is 25.6 Å². The van der Waals surface area contributed by atoms with Crippen molar-refractivity contribution < 1.29 is 9.47 Å². The Hall–Kier alpha value is -1.63. The molecule has 0 atom stereocenters. The number of rotatable bonds is 7. The first-order valence-electron chi connectivity index (χ1n) is 9.41. The topological polar surface area (TPSA) is 100 Å². The number of hydrogen-bond acceptors (Lipinski definition) is 8. The number of nitrogens with two attached hydrogens (primary N) is 1. The summed E-state index contributed by atoms with van der Waals surface area (Å²) in [6.45, 7) is 7.77. The van der Waals surface area contributed by atoms with Crippen LogP contribution in [-0.4, -0.2) is 39.4 Å². The molecule has 4 rings (SSSR count). The number of ether oxygens (including phenoxy) is 2. The summed E-state index contributed by atoms with van der Waals surface area (Å²) in [5.74, 6) is 1.88. The quantitative estimate of drug-likeness (QED) is 0.358. The summed E-state index contributed by atoms with van der Waals surface area (Å²) in [6.07, 6.45) is 1.49. The summed E-state index contributed by atoms with van der Waals surface area (Å²) in [4.78, 5) is 14.4. The van der Waals surface area contributed by atoms with Crippen molar-refractivity contribution in [2.75, 3.05) is 25.6 Å². The van der Waals surface area contributed by atoms with E-state index in [4.69, 9.17) is 20.2 Å². The Morgan fingerprint density at radius 1 is 1.34 bits per heavy atom. The Morgan fingerprint density at radius 2 is 2.21 bits per heavy atom. The zero-order valence-electron chi connectivity index (χ0n) is 16.3. The zero-order chi connectivity index (χ0) is 20.4. The highest BCUT2D eigenvalue weighted by molar-refractivity contribution is 14.1. The molecule has 0 unspecified atom stereocenters. The number of anilines is 1. The third-order valence-electron chi connectivity index (χ3n) is 4.46. The van der Waals surface area contributed by atoms with E-state index in [1.165, 1.54) is 6.33 Å². The fourth-order valence-electron chi connectivity index (χ4n) is 3.05. The van der Waals surface area contributed by atoms with E-state index < -0.39 is 0 Å². The van der Waals surface area contributed by atoms with Crippen molar-refractivity contribution in [1.82, 2.24) is 24.8 Å². The number of nitrogens with zero attached hydrogens (tertiary/aromatic N) is 4. The molecule has 2 aromatic heterocycles. The van der Waals surface area contributed by atoms with Crippen LogP contribution in [0.2, 0.25) is 0 Å². The predicted octanol–water partition coefficient (Wildman–Crippen LogP) is 3.28. The Morgan fingerprint density at radius 3 is 3.03 bits per heavy atom. The molecule has 3 aromatic rings. The first-order chi connectivity index (χ1) is 14.0. The molecule has 3 heterocycles. The Balaban J connectivity index is 1.66. The molecule has 8 nitrogen and oxygen atoms in total. The highest BCUT2D eigenvalue weighted by Gasteiger charge is 2.19. The summed E-state index contributed by atoms with van der Waals surface area (Å²) in [5, 5.41) is 4.32. The second kappa shape index (κ2) is 9.02. The molecule has 1 aliphatic heterocycles. The first kappa shape index (κ1) is 20.6. The van der Waals surface area contributed by atoms with Crippen LogP contribution in [0, 0.1) is 9.49 Å². The van der Waals surface area contributed by atoms with Crippen molar-refractivity contribution in [2.24, 2.45) is 5.92 Å². The number of fused-ring (bicyclic) bond motifs is 2. The summed E-state index contributed by atoms with van der Waals surface area (Å²) >= 11 is 3.92. The van der Waals surface area contributed by atoms with Gasteiger partial charge < -0.3 is 25.1 Å². The molecule has 1 aromatic carbocycles. The Kier molecular flexibility index (Phi) is 6.42. The van der Waals surface area contributed by atoms with Crippen molar-refractivity contribution >= 4 is 51.3 Å². The minimum absolute atomic E-state index is 0.298. The van der Waals surface area contributed by atoms with Crippen LogP contribution in [0.5, 0.6) is 5.75 Å². The standard InChI is InChI=1S/C19H23IN6O2S/c1-11(2)7-22-3-4-26-18-16(17(21)23-9-24-18)25-19(26)29-15-5-12-8-27-10-28-14(12)6-13(15)20/h5-6,9,11,22H,3-4,7-8,10H2,1-2H3,(H2,21,23,24). The van der Waals surface area contributed by atoms with Gasteiger partial charge >= 0.3 is 0 Å². The van der Waals surface area contributed by atoms with Crippen LogP contribution < -0.4 is 15.8 Å². The average Bonchev–Trinajstić information content (AvgIpc) is 3.04. The summed E-state index contributed by atoms with van der Waals surface area (Å²) in [7, 11) is 0. The molecular weight excluding hydrogens is 503 g/mol. The van der Waals surface area contributed by atoms with Gasteiger partial charge in [-0.05, 0) is 47.2 Å². The lowest BCUT2D eigenvalue weighted by atomic mass is 10.2. The van der Waals surface area contributed by atoms with E-state index in [9.17, 15) is 0 Å². The molecular formula is C19H23IN6O2S. The van der Waals surface area contributed by atoms with Crippen molar-refractivity contribution in [3.8, 4) is 5.75 Å². The number of nitrogens with one attached hydrogen (secondary N) is 1. The van der Waals surface area contributed by atoms with E-state index >= 15 is 0 Å². The van der Waals surface area contributed by atoms with Gasteiger partial charge in [0.25, 0.3) is 0 Å². The molecule has 3 N–H and O–H groups in total. The normalized spacial score (nSPS) is 13.7. The highest BCUT2D eigenvalue weighted by atomic mass is 127. The summed E-state index contributed by atoms with van der Waals surface area (Å²) in [6, 6.07) is 4.16. The molecule has 0 saturated heterocycles. The molecule has 0 fully saturated rings. The number of halogens is 1. The summed E-state index contributed by atoms with van der Waals surface area (Å²) < 4.78 is 14.2. The minimum Gasteiger partial charge on any atom is -0.467 e. The highest BCUT2D eigenvalue weighted by Crippen LogP contribution is 2.37. The van der Waals surface area contributed by atoms with Crippen molar-refractivity contribution in [3.05, 3.63) is 27.6 Å². The fourth-order valence-corrected chi connectivity index (χ4v) is 4.80. The molecule has 154 valence electrons. The van der Waals surface area contributed by atoms with E-state index in [2.05, 4.69) is 62.4 Å². The first-order valence-corrected chi connectivity index (χ1v) is 11.3. The fraction of sp³-hybridized carbons (Fsp3) is 0.421. The molecule has 0 spiro atoms. The third-order valence-corrected chi connectivity index (χ3v) is 6.77. The van der Waals surface area contributed by atoms with E-state index in [0.717, 1.165) is 50.2 Å². The smallest absolute Gasteiger partial charge is 0.189 e. The van der Waals surface area contributed by atoms with E-state index in [-0.39, 0.29) is 0 Å². The number of hydrogen-bond donors (Lipinski definition) is 2. The van der Waals surface area contributed by atoms with Crippen molar-refractivity contribution in [3.63, 3.8) is 0 Å². The maximum absolute atomic E-state index is 6.06. The minimum atomic E-state index is 0.298. The third kappa shape index (κ3) is 4.60. The number of imidazole rings is 1. The second-order valence-corrected chi connectivity index (χ2v) is 9.35. The molecule has 0 amide bonds. The van der Waals surface area contributed by atoms with E-state index in [0.29, 0.717) is 30.7 Å².